The lowest BCUT2D eigenvalue weighted by Crippen LogP contribution is -2.44. The van der Waals surface area contributed by atoms with E-state index >= 15 is 0 Å². The molecule has 0 spiro atoms. The van der Waals surface area contributed by atoms with E-state index in [1.165, 1.54) is 0 Å². The molecule has 0 bridgehead atoms. The van der Waals surface area contributed by atoms with Crippen molar-refractivity contribution in [3.05, 3.63) is 29.3 Å². The van der Waals surface area contributed by atoms with E-state index in [2.05, 4.69) is 5.32 Å². The first kappa shape index (κ1) is 12.3. The predicted octanol–water partition coefficient (Wildman–Crippen LogP) is 2.72. The van der Waals surface area contributed by atoms with E-state index in [0.717, 1.165) is 11.3 Å². The van der Waals surface area contributed by atoms with Gasteiger partial charge in [-0.3, -0.25) is 0 Å². The topological polar surface area (TPSA) is 21.3 Å². The summed E-state index contributed by atoms with van der Waals surface area (Å²) in [4.78, 5) is 0. The Bertz CT molecular complexity index is 406. The van der Waals surface area contributed by atoms with Crippen molar-refractivity contribution in [3.63, 3.8) is 0 Å². The van der Waals surface area contributed by atoms with Gasteiger partial charge in [0.05, 0.1) is 19.6 Å². The molecule has 2 nitrogen and oxygen atoms in total. The number of nitrogens with one attached hydrogen (secondary N) is 1. The van der Waals surface area contributed by atoms with Gasteiger partial charge >= 0.3 is 0 Å². The van der Waals surface area contributed by atoms with Gasteiger partial charge in [-0.1, -0.05) is 12.1 Å². The molecule has 1 aliphatic heterocycles. The van der Waals surface area contributed by atoms with Gasteiger partial charge in [-0.15, -0.1) is 0 Å². The van der Waals surface area contributed by atoms with Crippen LogP contribution in [0.15, 0.2) is 18.2 Å². The maximum absolute atomic E-state index is 13.8. The van der Waals surface area contributed by atoms with Gasteiger partial charge in [0.25, 0.3) is 5.92 Å². The lowest BCUT2D eigenvalue weighted by molar-refractivity contribution is -0.0420. The molecule has 0 aliphatic carbocycles. The van der Waals surface area contributed by atoms with Crippen LogP contribution in [0.2, 0.25) is 0 Å². The lowest BCUT2D eigenvalue weighted by atomic mass is 9.86. The summed E-state index contributed by atoms with van der Waals surface area (Å²) in [6.07, 6.45) is 0.471. The fourth-order valence-electron chi connectivity index (χ4n) is 2.36. The Hall–Kier alpha value is -1.16. The molecule has 0 aromatic heterocycles. The summed E-state index contributed by atoms with van der Waals surface area (Å²) in [5.41, 5.74) is 1.61. The third-order valence-electron chi connectivity index (χ3n) is 3.30. The van der Waals surface area contributed by atoms with Crippen LogP contribution >= 0.6 is 0 Å². The largest absolute Gasteiger partial charge is 0.496 e. The number of methoxy groups -OCH3 is 1. The molecule has 1 aliphatic rings. The Morgan fingerprint density at radius 3 is 2.76 bits per heavy atom. The third kappa shape index (κ3) is 2.41. The van der Waals surface area contributed by atoms with Crippen molar-refractivity contribution >= 4 is 0 Å². The highest BCUT2D eigenvalue weighted by molar-refractivity contribution is 5.38. The van der Waals surface area contributed by atoms with Crippen LogP contribution in [0.4, 0.5) is 8.78 Å². The van der Waals surface area contributed by atoms with E-state index in [4.69, 9.17) is 4.74 Å². The third-order valence-corrected chi connectivity index (χ3v) is 3.30. The number of alkyl halides is 2. The Morgan fingerprint density at radius 1 is 1.41 bits per heavy atom. The van der Waals surface area contributed by atoms with Gasteiger partial charge in [-0.05, 0) is 37.1 Å². The van der Waals surface area contributed by atoms with Crippen LogP contribution in [0.3, 0.4) is 0 Å². The van der Waals surface area contributed by atoms with Crippen LogP contribution in [0.5, 0.6) is 5.75 Å². The molecule has 1 unspecified atom stereocenters. The van der Waals surface area contributed by atoms with Gasteiger partial charge < -0.3 is 10.1 Å². The first-order valence-electron chi connectivity index (χ1n) is 5.77. The Kier molecular flexibility index (Phi) is 3.33. The van der Waals surface area contributed by atoms with Gasteiger partial charge in [0, 0.05) is 0 Å². The highest BCUT2D eigenvalue weighted by atomic mass is 19.3. The zero-order valence-electron chi connectivity index (χ0n) is 10.1. The summed E-state index contributed by atoms with van der Waals surface area (Å²) in [5, 5.41) is 2.74. The number of piperidine rings is 1. The number of aryl methyl sites for hydroxylation is 1. The van der Waals surface area contributed by atoms with Crippen LogP contribution in [0, 0.1) is 6.92 Å². The van der Waals surface area contributed by atoms with Crippen LogP contribution < -0.4 is 10.1 Å². The van der Waals surface area contributed by atoms with Crippen molar-refractivity contribution in [2.75, 3.05) is 20.2 Å². The fourth-order valence-corrected chi connectivity index (χ4v) is 2.36. The summed E-state index contributed by atoms with van der Waals surface area (Å²) in [7, 11) is 1.58. The number of ether oxygens (including phenoxy) is 1. The second kappa shape index (κ2) is 4.61. The molecule has 17 heavy (non-hydrogen) atoms. The second-order valence-electron chi connectivity index (χ2n) is 4.51. The van der Waals surface area contributed by atoms with Crippen molar-refractivity contribution in [2.24, 2.45) is 0 Å². The lowest BCUT2D eigenvalue weighted by Gasteiger charge is -2.32. The molecule has 1 aromatic carbocycles. The molecule has 0 radical (unpaired) electrons. The summed E-state index contributed by atoms with van der Waals surface area (Å²) in [6.45, 7) is 2.29. The molecule has 1 fully saturated rings. The van der Waals surface area contributed by atoms with E-state index in [-0.39, 0.29) is 6.54 Å². The monoisotopic (exact) mass is 241 g/mol. The quantitative estimate of drug-likeness (QED) is 0.859. The zero-order valence-corrected chi connectivity index (χ0v) is 10.1. The highest BCUT2D eigenvalue weighted by Crippen LogP contribution is 2.38. The molecule has 0 saturated carbocycles. The van der Waals surface area contributed by atoms with E-state index in [1.54, 1.807) is 19.2 Å². The average Bonchev–Trinajstić information content (AvgIpc) is 2.28. The zero-order chi connectivity index (χ0) is 12.5. The van der Waals surface area contributed by atoms with E-state index in [1.807, 2.05) is 13.0 Å². The average molecular weight is 241 g/mol. The smallest absolute Gasteiger partial charge is 0.267 e. The van der Waals surface area contributed by atoms with Crippen molar-refractivity contribution in [1.29, 1.82) is 0 Å². The standard InChI is InChI=1S/C13H17F2NO/c1-9-7-10(3-4-12(9)17-2)11-5-6-16-8-13(11,14)15/h3-4,7,11,16H,5-6,8H2,1-2H3. The molecule has 94 valence electrons. The highest BCUT2D eigenvalue weighted by Gasteiger charge is 2.42. The molecule has 1 heterocycles. The van der Waals surface area contributed by atoms with Crippen LogP contribution in [0.25, 0.3) is 0 Å². The molecule has 1 N–H and O–H groups in total. The Morgan fingerprint density at radius 2 is 2.18 bits per heavy atom. The van der Waals surface area contributed by atoms with Crippen molar-refractivity contribution in [1.82, 2.24) is 5.32 Å². The van der Waals surface area contributed by atoms with Gasteiger partial charge in [0.15, 0.2) is 0 Å². The molecular weight excluding hydrogens is 224 g/mol. The SMILES string of the molecule is COc1ccc(C2CCNCC2(F)F)cc1C. The molecule has 2 rings (SSSR count). The van der Waals surface area contributed by atoms with E-state index < -0.39 is 11.8 Å². The Balaban J connectivity index is 2.30. The maximum Gasteiger partial charge on any atom is 0.267 e. The number of benzene rings is 1. The maximum atomic E-state index is 13.8. The summed E-state index contributed by atoms with van der Waals surface area (Å²) < 4.78 is 32.7. The second-order valence-corrected chi connectivity index (χ2v) is 4.51. The molecule has 1 aromatic rings. The van der Waals surface area contributed by atoms with Gasteiger partial charge in [0.1, 0.15) is 5.75 Å². The summed E-state index contributed by atoms with van der Waals surface area (Å²) in [6, 6.07) is 5.32. The van der Waals surface area contributed by atoms with Gasteiger partial charge in [-0.25, -0.2) is 8.78 Å². The van der Waals surface area contributed by atoms with Crippen molar-refractivity contribution < 1.29 is 13.5 Å². The minimum atomic E-state index is -2.67. The molecule has 0 amide bonds. The van der Waals surface area contributed by atoms with Crippen LogP contribution in [0.1, 0.15) is 23.5 Å². The summed E-state index contributed by atoms with van der Waals surface area (Å²) in [5.74, 6) is -2.61. The first-order valence-corrected chi connectivity index (χ1v) is 5.77. The minimum absolute atomic E-state index is 0.233. The number of hydrogen-bond acceptors (Lipinski definition) is 2. The van der Waals surface area contributed by atoms with E-state index in [9.17, 15) is 8.78 Å². The number of rotatable bonds is 2. The van der Waals surface area contributed by atoms with Crippen molar-refractivity contribution in [3.8, 4) is 5.75 Å². The molecular formula is C13H17F2NO. The summed E-state index contributed by atoms with van der Waals surface area (Å²) >= 11 is 0. The molecule has 1 atom stereocenters. The fraction of sp³-hybridized carbons (Fsp3) is 0.538. The first-order chi connectivity index (χ1) is 8.04. The predicted molar refractivity (Wildman–Crippen MR) is 62.9 cm³/mol. The minimum Gasteiger partial charge on any atom is -0.496 e. The normalized spacial score (nSPS) is 23.4. The van der Waals surface area contributed by atoms with Crippen LogP contribution in [-0.4, -0.2) is 26.1 Å². The Labute approximate surface area is 100.0 Å². The molecule has 4 heteroatoms. The van der Waals surface area contributed by atoms with E-state index in [0.29, 0.717) is 18.5 Å². The number of hydrogen-bond donors (Lipinski definition) is 1. The van der Waals surface area contributed by atoms with Gasteiger partial charge in [0.2, 0.25) is 0 Å². The number of halogens is 2. The van der Waals surface area contributed by atoms with Crippen LogP contribution in [-0.2, 0) is 0 Å². The van der Waals surface area contributed by atoms with Crippen molar-refractivity contribution in [2.45, 2.75) is 25.2 Å². The molecule has 1 saturated heterocycles. The van der Waals surface area contributed by atoms with Gasteiger partial charge in [-0.2, -0.15) is 0 Å².